The third-order valence-corrected chi connectivity index (χ3v) is 4.76. The van der Waals surface area contributed by atoms with E-state index in [1.807, 2.05) is 0 Å². The minimum atomic E-state index is -4.59. The Labute approximate surface area is 96.9 Å². The fourth-order valence-electron chi connectivity index (χ4n) is 1.21. The Balaban J connectivity index is 4.84. The van der Waals surface area contributed by atoms with Crippen molar-refractivity contribution in [3.05, 3.63) is 0 Å². The molecule has 0 heterocycles. The predicted octanol–water partition coefficient (Wildman–Crippen LogP) is 1.00. The van der Waals surface area contributed by atoms with Gasteiger partial charge in [-0.2, -0.15) is 16.8 Å². The molecule has 0 bridgehead atoms. The van der Waals surface area contributed by atoms with Crippen LogP contribution in [0.25, 0.3) is 0 Å². The van der Waals surface area contributed by atoms with Crippen LogP contribution in [0.5, 0.6) is 0 Å². The van der Waals surface area contributed by atoms with Crippen molar-refractivity contribution in [2.45, 2.75) is 40.2 Å². The zero-order valence-corrected chi connectivity index (χ0v) is 11.4. The molecule has 0 aromatic rings. The van der Waals surface area contributed by atoms with Crippen LogP contribution in [0.1, 0.15) is 34.1 Å². The zero-order valence-electron chi connectivity index (χ0n) is 9.80. The largest absolute Gasteiger partial charge is 0.285 e. The van der Waals surface area contributed by atoms with Gasteiger partial charge >= 0.3 is 0 Å². The monoisotopic (exact) mass is 274 g/mol. The van der Waals surface area contributed by atoms with E-state index < -0.39 is 36.8 Å². The summed E-state index contributed by atoms with van der Waals surface area (Å²) in [5, 5.41) is -1.41. The van der Waals surface area contributed by atoms with Crippen molar-refractivity contribution >= 4 is 20.2 Å². The van der Waals surface area contributed by atoms with E-state index in [0.29, 0.717) is 6.42 Å². The molecule has 0 aliphatic carbocycles. The Morgan fingerprint density at radius 1 is 1.19 bits per heavy atom. The first kappa shape index (κ1) is 15.8. The molecule has 1 unspecified atom stereocenters. The summed E-state index contributed by atoms with van der Waals surface area (Å²) in [5.41, 5.74) is -0.430. The van der Waals surface area contributed by atoms with E-state index in [0.717, 1.165) is 0 Å². The highest BCUT2D eigenvalue weighted by atomic mass is 32.3. The van der Waals surface area contributed by atoms with Crippen molar-refractivity contribution in [2.75, 3.05) is 5.08 Å². The standard InChI is InChI=1S/C8H18O6S2/c1-5-7(8(2,3)4)14-16(12,13)6-15(9,10)11/h7H,5-6H2,1-4H3,(H,9,10,11). The fraction of sp³-hybridized carbons (Fsp3) is 1.00. The Morgan fingerprint density at radius 2 is 1.62 bits per heavy atom. The van der Waals surface area contributed by atoms with Gasteiger partial charge in [0.05, 0.1) is 6.10 Å². The maximum Gasteiger partial charge on any atom is 0.284 e. The molecule has 98 valence electrons. The van der Waals surface area contributed by atoms with Crippen LogP contribution < -0.4 is 0 Å². The molecule has 0 fully saturated rings. The average Bonchev–Trinajstić information content (AvgIpc) is 1.93. The van der Waals surface area contributed by atoms with Crippen molar-refractivity contribution in [3.8, 4) is 0 Å². The molecule has 8 heteroatoms. The Hall–Kier alpha value is -0.180. The second-order valence-corrected chi connectivity index (χ2v) is 8.03. The molecule has 1 atom stereocenters. The van der Waals surface area contributed by atoms with Crippen LogP contribution in [0.15, 0.2) is 0 Å². The first-order valence-corrected chi connectivity index (χ1v) is 7.92. The SMILES string of the molecule is CCC(OS(=O)(=O)CS(=O)(=O)O)C(C)(C)C. The molecular formula is C8H18O6S2. The topological polar surface area (TPSA) is 97.7 Å². The third kappa shape index (κ3) is 6.41. The van der Waals surface area contributed by atoms with Crippen LogP contribution in [0.3, 0.4) is 0 Å². The summed E-state index contributed by atoms with van der Waals surface area (Å²) in [4.78, 5) is 0. The summed E-state index contributed by atoms with van der Waals surface area (Å²) in [5.74, 6) is 0. The van der Waals surface area contributed by atoms with E-state index in [-0.39, 0.29) is 0 Å². The van der Waals surface area contributed by atoms with Gasteiger partial charge in [-0.25, -0.2) is 0 Å². The summed E-state index contributed by atoms with van der Waals surface area (Å²) >= 11 is 0. The van der Waals surface area contributed by atoms with Crippen LogP contribution >= 0.6 is 0 Å². The molecule has 6 nitrogen and oxygen atoms in total. The molecule has 0 aliphatic heterocycles. The van der Waals surface area contributed by atoms with Gasteiger partial charge in [0.15, 0.2) is 0 Å². The van der Waals surface area contributed by atoms with Crippen LogP contribution in [-0.4, -0.2) is 32.6 Å². The lowest BCUT2D eigenvalue weighted by Crippen LogP contribution is -2.33. The molecular weight excluding hydrogens is 256 g/mol. The van der Waals surface area contributed by atoms with Crippen LogP contribution in [0.2, 0.25) is 0 Å². The molecule has 0 saturated heterocycles. The Morgan fingerprint density at radius 3 is 1.88 bits per heavy atom. The highest BCUT2D eigenvalue weighted by Crippen LogP contribution is 2.26. The minimum Gasteiger partial charge on any atom is -0.285 e. The van der Waals surface area contributed by atoms with Crippen molar-refractivity contribution in [3.63, 3.8) is 0 Å². The van der Waals surface area contributed by atoms with Crippen LogP contribution in [0.4, 0.5) is 0 Å². The van der Waals surface area contributed by atoms with Crippen molar-refractivity contribution < 1.29 is 25.6 Å². The maximum absolute atomic E-state index is 11.3. The van der Waals surface area contributed by atoms with Crippen molar-refractivity contribution in [1.82, 2.24) is 0 Å². The average molecular weight is 274 g/mol. The van der Waals surface area contributed by atoms with Crippen LogP contribution in [-0.2, 0) is 24.4 Å². The summed E-state index contributed by atoms with van der Waals surface area (Å²) in [6.07, 6.45) is -0.201. The normalized spacial score (nSPS) is 16.1. The molecule has 0 aromatic heterocycles. The smallest absolute Gasteiger partial charge is 0.284 e. The van der Waals surface area contributed by atoms with Crippen LogP contribution in [0, 0.1) is 5.41 Å². The summed E-state index contributed by atoms with van der Waals surface area (Å²) in [6, 6.07) is 0. The first-order chi connectivity index (χ1) is 6.87. The lowest BCUT2D eigenvalue weighted by atomic mass is 9.88. The minimum absolute atomic E-state index is 0.425. The lowest BCUT2D eigenvalue weighted by molar-refractivity contribution is 0.0904. The third-order valence-electron chi connectivity index (χ3n) is 1.89. The summed E-state index contributed by atoms with van der Waals surface area (Å²) in [7, 11) is -8.87. The number of hydrogen-bond acceptors (Lipinski definition) is 5. The van der Waals surface area contributed by atoms with Gasteiger partial charge in [0.1, 0.15) is 0 Å². The van der Waals surface area contributed by atoms with Crippen molar-refractivity contribution in [1.29, 1.82) is 0 Å². The maximum atomic E-state index is 11.3. The fourth-order valence-corrected chi connectivity index (χ4v) is 3.67. The molecule has 0 saturated carbocycles. The summed E-state index contributed by atoms with van der Waals surface area (Å²) in [6.45, 7) is 7.08. The lowest BCUT2D eigenvalue weighted by Gasteiger charge is -2.28. The highest BCUT2D eigenvalue weighted by molar-refractivity contribution is 8.03. The molecule has 0 spiro atoms. The summed E-state index contributed by atoms with van der Waals surface area (Å²) < 4.78 is 56.7. The molecule has 1 N–H and O–H groups in total. The predicted molar refractivity (Wildman–Crippen MR) is 60.0 cm³/mol. The second-order valence-electron chi connectivity index (χ2n) is 4.62. The van der Waals surface area contributed by atoms with Gasteiger partial charge in [-0.15, -0.1) is 0 Å². The van der Waals surface area contributed by atoms with Gasteiger partial charge in [0, 0.05) is 0 Å². The first-order valence-electron chi connectivity index (χ1n) is 4.73. The Kier molecular flexibility index (Phi) is 4.93. The zero-order chi connectivity index (χ0) is 13.2. The van der Waals surface area contributed by atoms with Gasteiger partial charge < -0.3 is 0 Å². The van der Waals surface area contributed by atoms with Gasteiger partial charge in [0.2, 0.25) is 5.08 Å². The van der Waals surface area contributed by atoms with Crippen molar-refractivity contribution in [2.24, 2.45) is 5.41 Å². The number of hydrogen-bond donors (Lipinski definition) is 1. The van der Waals surface area contributed by atoms with Gasteiger partial charge in [-0.3, -0.25) is 8.74 Å². The van der Waals surface area contributed by atoms with E-state index in [1.54, 1.807) is 27.7 Å². The van der Waals surface area contributed by atoms with Gasteiger partial charge in [-0.1, -0.05) is 27.7 Å². The Bertz CT molecular complexity index is 414. The van der Waals surface area contributed by atoms with E-state index >= 15 is 0 Å². The molecule has 0 rings (SSSR count). The van der Waals surface area contributed by atoms with Gasteiger partial charge in [-0.05, 0) is 11.8 Å². The van der Waals surface area contributed by atoms with Gasteiger partial charge in [0.25, 0.3) is 20.2 Å². The van der Waals surface area contributed by atoms with E-state index in [4.69, 9.17) is 8.74 Å². The van der Waals surface area contributed by atoms with E-state index in [1.165, 1.54) is 0 Å². The highest BCUT2D eigenvalue weighted by Gasteiger charge is 2.31. The molecule has 0 aromatic carbocycles. The second kappa shape index (κ2) is 4.99. The van der Waals surface area contributed by atoms with E-state index in [9.17, 15) is 16.8 Å². The molecule has 0 radical (unpaired) electrons. The molecule has 16 heavy (non-hydrogen) atoms. The van der Waals surface area contributed by atoms with E-state index in [2.05, 4.69) is 0 Å². The molecule has 0 aliphatic rings. The number of rotatable bonds is 5. The quantitative estimate of drug-likeness (QED) is 0.593. The molecule has 0 amide bonds.